The Morgan fingerprint density at radius 1 is 0.676 bits per heavy atom. The van der Waals surface area contributed by atoms with Gasteiger partial charge in [0.15, 0.2) is 23.1 Å². The van der Waals surface area contributed by atoms with E-state index in [0.717, 1.165) is 0 Å². The predicted octanol–water partition coefficient (Wildman–Crippen LogP) is 3.69. The lowest BCUT2D eigenvalue weighted by molar-refractivity contribution is -0.134. The Hall–Kier alpha value is -2.96. The molecule has 4 rings (SSSR count). The zero-order valence-corrected chi connectivity index (χ0v) is 20.0. The van der Waals surface area contributed by atoms with Crippen molar-refractivity contribution < 1.29 is 29.4 Å². The molecule has 0 saturated heterocycles. The van der Waals surface area contributed by atoms with E-state index in [1.165, 1.54) is 13.8 Å². The van der Waals surface area contributed by atoms with E-state index in [2.05, 4.69) is 0 Å². The SMILES string of the molecule is C[C@@H]1CC(=O)[C@](C)(O)[C@H]1C(=O)c1ccccc1.C[C@@H]1CC(=O)[C@](C)(O)[C@H]1C(=O)c1ccccc1. The van der Waals surface area contributed by atoms with Gasteiger partial charge in [-0.3, -0.25) is 19.2 Å². The summed E-state index contributed by atoms with van der Waals surface area (Å²) >= 11 is 0. The Morgan fingerprint density at radius 2 is 0.971 bits per heavy atom. The second-order valence-corrected chi connectivity index (χ2v) is 9.92. The van der Waals surface area contributed by atoms with Crippen molar-refractivity contribution in [2.24, 2.45) is 23.7 Å². The molecule has 0 amide bonds. The number of rotatable bonds is 4. The maximum absolute atomic E-state index is 12.3. The van der Waals surface area contributed by atoms with Crippen LogP contribution in [0.2, 0.25) is 0 Å². The van der Waals surface area contributed by atoms with E-state index in [4.69, 9.17) is 0 Å². The first kappa shape index (κ1) is 25.7. The molecule has 2 aliphatic rings. The van der Waals surface area contributed by atoms with Gasteiger partial charge in [0, 0.05) is 24.0 Å². The highest BCUT2D eigenvalue weighted by atomic mass is 16.3. The molecule has 34 heavy (non-hydrogen) atoms. The van der Waals surface area contributed by atoms with Crippen molar-refractivity contribution in [3.05, 3.63) is 71.8 Å². The van der Waals surface area contributed by atoms with Crippen LogP contribution in [0.25, 0.3) is 0 Å². The first-order chi connectivity index (χ1) is 15.9. The molecule has 0 aromatic heterocycles. The van der Waals surface area contributed by atoms with Crippen LogP contribution in [0.4, 0.5) is 0 Å². The molecule has 0 bridgehead atoms. The van der Waals surface area contributed by atoms with E-state index in [9.17, 15) is 29.4 Å². The van der Waals surface area contributed by atoms with Crippen molar-refractivity contribution in [3.8, 4) is 0 Å². The average Bonchev–Trinajstić information content (AvgIpc) is 3.13. The van der Waals surface area contributed by atoms with Crippen LogP contribution < -0.4 is 0 Å². The Bertz CT molecular complexity index is 983. The number of hydrogen-bond donors (Lipinski definition) is 2. The Morgan fingerprint density at radius 3 is 1.21 bits per heavy atom. The summed E-state index contributed by atoms with van der Waals surface area (Å²) in [5.74, 6) is -2.23. The molecule has 2 aromatic rings. The highest BCUT2D eigenvalue weighted by Crippen LogP contribution is 2.40. The van der Waals surface area contributed by atoms with Gasteiger partial charge in [-0.15, -0.1) is 0 Å². The number of benzene rings is 2. The summed E-state index contributed by atoms with van der Waals surface area (Å²) in [6.45, 7) is 6.57. The fraction of sp³-hybridized carbons (Fsp3) is 0.429. The van der Waals surface area contributed by atoms with E-state index < -0.39 is 23.0 Å². The maximum atomic E-state index is 12.3. The third-order valence-corrected chi connectivity index (χ3v) is 7.17. The highest BCUT2D eigenvalue weighted by molar-refractivity contribution is 6.06. The average molecular weight is 465 g/mol. The van der Waals surface area contributed by atoms with Crippen molar-refractivity contribution >= 4 is 23.1 Å². The van der Waals surface area contributed by atoms with Gasteiger partial charge in [-0.1, -0.05) is 74.5 Å². The first-order valence-electron chi connectivity index (χ1n) is 11.6. The molecular formula is C28H32O6. The standard InChI is InChI=1S/2C14H16O3/c2*1-9-8-11(15)14(2,17)12(9)13(16)10-6-4-3-5-7-10/h2*3-7,9,12,17H,8H2,1-2H3/t2*9-,12-,14+/m11/s1. The summed E-state index contributed by atoms with van der Waals surface area (Å²) < 4.78 is 0. The molecule has 2 aliphatic carbocycles. The topological polar surface area (TPSA) is 109 Å². The summed E-state index contributed by atoms with van der Waals surface area (Å²) in [5, 5.41) is 20.3. The van der Waals surface area contributed by atoms with Crippen LogP contribution >= 0.6 is 0 Å². The molecule has 2 fully saturated rings. The van der Waals surface area contributed by atoms with Gasteiger partial charge in [0.2, 0.25) is 0 Å². The number of aliphatic hydroxyl groups is 2. The Kier molecular flexibility index (Phi) is 7.34. The monoisotopic (exact) mass is 464 g/mol. The fourth-order valence-electron chi connectivity index (χ4n) is 5.28. The smallest absolute Gasteiger partial charge is 0.169 e. The molecule has 6 atom stereocenters. The third-order valence-electron chi connectivity index (χ3n) is 7.17. The number of Topliss-reactive ketones (excluding diaryl/α,β-unsaturated/α-hetero) is 4. The van der Waals surface area contributed by atoms with Gasteiger partial charge in [-0.05, 0) is 25.7 Å². The van der Waals surface area contributed by atoms with Crippen LogP contribution in [-0.2, 0) is 9.59 Å². The number of carbonyl (C=O) groups is 4. The molecule has 2 N–H and O–H groups in total. The van der Waals surface area contributed by atoms with E-state index in [1.807, 2.05) is 26.0 Å². The van der Waals surface area contributed by atoms with Crippen molar-refractivity contribution in [2.75, 3.05) is 0 Å². The van der Waals surface area contributed by atoms with E-state index >= 15 is 0 Å². The quantitative estimate of drug-likeness (QED) is 0.668. The van der Waals surface area contributed by atoms with E-state index in [1.54, 1.807) is 48.5 Å². The molecule has 2 aromatic carbocycles. The minimum atomic E-state index is -1.52. The number of carbonyl (C=O) groups excluding carboxylic acids is 4. The van der Waals surface area contributed by atoms with E-state index in [-0.39, 0.29) is 47.8 Å². The van der Waals surface area contributed by atoms with Crippen molar-refractivity contribution in [2.45, 2.75) is 51.7 Å². The van der Waals surface area contributed by atoms with Crippen LogP contribution in [0.5, 0.6) is 0 Å². The van der Waals surface area contributed by atoms with E-state index in [0.29, 0.717) is 11.1 Å². The minimum absolute atomic E-state index is 0.106. The normalized spacial score (nSPS) is 32.8. The van der Waals surface area contributed by atoms with Gasteiger partial charge in [0.05, 0.1) is 11.8 Å². The zero-order valence-electron chi connectivity index (χ0n) is 20.0. The number of hydrogen-bond acceptors (Lipinski definition) is 6. The molecule has 0 aliphatic heterocycles. The summed E-state index contributed by atoms with van der Waals surface area (Å²) in [6.07, 6.45) is 0.548. The maximum Gasteiger partial charge on any atom is 0.169 e. The lowest BCUT2D eigenvalue weighted by Crippen LogP contribution is -2.41. The molecule has 6 nitrogen and oxygen atoms in total. The molecule has 180 valence electrons. The Balaban J connectivity index is 0.000000191. The highest BCUT2D eigenvalue weighted by Gasteiger charge is 2.53. The van der Waals surface area contributed by atoms with Crippen LogP contribution in [-0.4, -0.2) is 44.5 Å². The van der Waals surface area contributed by atoms with Gasteiger partial charge < -0.3 is 10.2 Å². The third kappa shape index (κ3) is 4.79. The Labute approximate surface area is 200 Å². The molecule has 2 saturated carbocycles. The minimum Gasteiger partial charge on any atom is -0.382 e. The van der Waals surface area contributed by atoms with Gasteiger partial charge in [-0.2, -0.15) is 0 Å². The summed E-state index contributed by atoms with van der Waals surface area (Å²) in [7, 11) is 0. The number of ketones is 4. The molecule has 0 unspecified atom stereocenters. The van der Waals surface area contributed by atoms with Crippen LogP contribution in [0, 0.1) is 23.7 Å². The summed E-state index contributed by atoms with van der Waals surface area (Å²) in [4.78, 5) is 47.9. The second kappa shape index (κ2) is 9.72. The predicted molar refractivity (Wildman–Crippen MR) is 127 cm³/mol. The first-order valence-corrected chi connectivity index (χ1v) is 11.6. The lowest BCUT2D eigenvalue weighted by Gasteiger charge is -2.25. The van der Waals surface area contributed by atoms with Gasteiger partial charge in [0.25, 0.3) is 0 Å². The van der Waals surface area contributed by atoms with Gasteiger partial charge >= 0.3 is 0 Å². The summed E-state index contributed by atoms with van der Waals surface area (Å²) in [6, 6.07) is 17.7. The largest absolute Gasteiger partial charge is 0.382 e. The van der Waals surface area contributed by atoms with Crippen LogP contribution in [0.3, 0.4) is 0 Å². The van der Waals surface area contributed by atoms with Crippen LogP contribution in [0.1, 0.15) is 61.3 Å². The van der Waals surface area contributed by atoms with Crippen molar-refractivity contribution in [1.29, 1.82) is 0 Å². The summed E-state index contributed by atoms with van der Waals surface area (Å²) in [5.41, 5.74) is -1.93. The zero-order chi connectivity index (χ0) is 25.3. The second-order valence-electron chi connectivity index (χ2n) is 9.92. The van der Waals surface area contributed by atoms with Gasteiger partial charge in [-0.25, -0.2) is 0 Å². The van der Waals surface area contributed by atoms with Crippen LogP contribution in [0.15, 0.2) is 60.7 Å². The molecular weight excluding hydrogens is 432 g/mol. The molecule has 0 heterocycles. The molecule has 0 radical (unpaired) electrons. The molecule has 0 spiro atoms. The van der Waals surface area contributed by atoms with Crippen molar-refractivity contribution in [3.63, 3.8) is 0 Å². The van der Waals surface area contributed by atoms with Gasteiger partial charge in [0.1, 0.15) is 11.2 Å². The fourth-order valence-corrected chi connectivity index (χ4v) is 5.28. The van der Waals surface area contributed by atoms with Crippen molar-refractivity contribution in [1.82, 2.24) is 0 Å². The lowest BCUT2D eigenvalue weighted by atomic mass is 9.81. The molecule has 6 heteroatoms.